The number of ketones is 2. The zero-order valence-corrected chi connectivity index (χ0v) is 21.6. The molecule has 1 heterocycles. The van der Waals surface area contributed by atoms with E-state index in [1.807, 2.05) is 49.4 Å². The van der Waals surface area contributed by atoms with Crippen molar-refractivity contribution < 1.29 is 14.4 Å². The zero-order chi connectivity index (χ0) is 26.0. The maximum Gasteiger partial charge on any atom is 0.247 e. The first kappa shape index (κ1) is 25.5. The number of rotatable bonds is 7. The SMILES string of the molecule is Cc1nc(N)ccc1CCC(=O)[C@H](C)NC(=O)C1=CC(c2ccccc2)C2=C(C1)CC(C)(C)CC2=O. The molecule has 2 aliphatic carbocycles. The molecule has 0 spiro atoms. The first-order valence-electron chi connectivity index (χ1n) is 12.6. The Labute approximate surface area is 213 Å². The smallest absolute Gasteiger partial charge is 0.247 e. The molecule has 0 bridgehead atoms. The van der Waals surface area contributed by atoms with E-state index < -0.39 is 6.04 Å². The summed E-state index contributed by atoms with van der Waals surface area (Å²) >= 11 is 0. The van der Waals surface area contributed by atoms with E-state index in [2.05, 4.69) is 24.1 Å². The summed E-state index contributed by atoms with van der Waals surface area (Å²) < 4.78 is 0. The number of aromatic nitrogens is 1. The van der Waals surface area contributed by atoms with Crippen molar-refractivity contribution in [2.75, 3.05) is 5.73 Å². The summed E-state index contributed by atoms with van der Waals surface area (Å²) in [4.78, 5) is 43.5. The van der Waals surface area contributed by atoms with E-state index in [-0.39, 0.29) is 28.8 Å². The van der Waals surface area contributed by atoms with Crippen LogP contribution in [0, 0.1) is 12.3 Å². The molecule has 6 heteroatoms. The molecule has 6 nitrogen and oxygen atoms in total. The van der Waals surface area contributed by atoms with Crippen molar-refractivity contribution in [3.63, 3.8) is 0 Å². The van der Waals surface area contributed by atoms with Crippen molar-refractivity contribution in [1.29, 1.82) is 0 Å². The van der Waals surface area contributed by atoms with Crippen molar-refractivity contribution in [2.24, 2.45) is 5.41 Å². The number of anilines is 1. The van der Waals surface area contributed by atoms with Crippen LogP contribution in [0.5, 0.6) is 0 Å². The van der Waals surface area contributed by atoms with Gasteiger partial charge in [0.25, 0.3) is 0 Å². The number of hydrogen-bond acceptors (Lipinski definition) is 5. The van der Waals surface area contributed by atoms with Crippen LogP contribution in [0.4, 0.5) is 5.82 Å². The van der Waals surface area contributed by atoms with Gasteiger partial charge in [-0.3, -0.25) is 14.4 Å². The molecular weight excluding hydrogens is 450 g/mol. The molecule has 0 aliphatic heterocycles. The minimum Gasteiger partial charge on any atom is -0.384 e. The fraction of sp³-hybridized carbons (Fsp3) is 0.400. The van der Waals surface area contributed by atoms with Crippen LogP contribution in [0.3, 0.4) is 0 Å². The Morgan fingerprint density at radius 2 is 1.86 bits per heavy atom. The molecule has 3 N–H and O–H groups in total. The fourth-order valence-electron chi connectivity index (χ4n) is 5.38. The van der Waals surface area contributed by atoms with Gasteiger partial charge in [-0.1, -0.05) is 61.9 Å². The fourth-order valence-corrected chi connectivity index (χ4v) is 5.38. The van der Waals surface area contributed by atoms with Crippen molar-refractivity contribution in [2.45, 2.75) is 71.8 Å². The average Bonchev–Trinajstić information content (AvgIpc) is 2.82. The largest absolute Gasteiger partial charge is 0.384 e. The number of nitrogen functional groups attached to an aromatic ring is 1. The van der Waals surface area contributed by atoms with Gasteiger partial charge in [-0.25, -0.2) is 4.98 Å². The van der Waals surface area contributed by atoms with Gasteiger partial charge < -0.3 is 11.1 Å². The van der Waals surface area contributed by atoms with Crippen LogP contribution in [0.1, 0.15) is 69.2 Å². The average molecular weight is 486 g/mol. The first-order chi connectivity index (χ1) is 17.0. The van der Waals surface area contributed by atoms with E-state index in [0.29, 0.717) is 37.1 Å². The highest BCUT2D eigenvalue weighted by atomic mass is 16.2. The standard InChI is InChI=1S/C30H35N3O3/c1-18-20(11-13-27(31)32-18)10-12-25(34)19(2)33-29(36)22-14-23-16-30(3,4)17-26(35)28(23)24(15-22)21-8-6-5-7-9-21/h5-9,11,13,15,19,24H,10,12,14,16-17H2,1-4H3,(H2,31,32)(H,33,36)/t19-,24?/m0/s1. The highest BCUT2D eigenvalue weighted by molar-refractivity contribution is 6.03. The van der Waals surface area contributed by atoms with Gasteiger partial charge in [-0.2, -0.15) is 0 Å². The van der Waals surface area contributed by atoms with Crippen LogP contribution < -0.4 is 11.1 Å². The van der Waals surface area contributed by atoms with E-state index >= 15 is 0 Å². The van der Waals surface area contributed by atoms with Gasteiger partial charge in [0.05, 0.1) is 6.04 Å². The van der Waals surface area contributed by atoms with Gasteiger partial charge >= 0.3 is 0 Å². The lowest BCUT2D eigenvalue weighted by molar-refractivity contribution is -0.125. The van der Waals surface area contributed by atoms with Crippen LogP contribution >= 0.6 is 0 Å². The predicted octanol–water partition coefficient (Wildman–Crippen LogP) is 4.78. The summed E-state index contributed by atoms with van der Waals surface area (Å²) in [6, 6.07) is 12.9. The minimum atomic E-state index is -0.615. The normalized spacial score (nSPS) is 19.8. The lowest BCUT2D eigenvalue weighted by Gasteiger charge is -2.37. The minimum absolute atomic E-state index is 0.0375. The second-order valence-electron chi connectivity index (χ2n) is 10.9. The number of carbonyl (C=O) groups excluding carboxylic acids is 3. The third kappa shape index (κ3) is 5.64. The van der Waals surface area contributed by atoms with E-state index in [1.54, 1.807) is 13.0 Å². The summed E-state index contributed by atoms with van der Waals surface area (Å²) in [5, 5.41) is 2.91. The molecule has 2 atom stereocenters. The molecule has 1 aromatic heterocycles. The Bertz CT molecular complexity index is 1260. The van der Waals surface area contributed by atoms with Crippen molar-refractivity contribution in [3.8, 4) is 0 Å². The molecule has 188 valence electrons. The van der Waals surface area contributed by atoms with Gasteiger partial charge in [-0.05, 0) is 55.7 Å². The molecule has 2 aliphatic rings. The quantitative estimate of drug-likeness (QED) is 0.588. The van der Waals surface area contributed by atoms with E-state index in [4.69, 9.17) is 5.73 Å². The number of pyridine rings is 1. The van der Waals surface area contributed by atoms with E-state index in [9.17, 15) is 14.4 Å². The number of nitrogens with zero attached hydrogens (tertiary/aromatic N) is 1. The van der Waals surface area contributed by atoms with Crippen molar-refractivity contribution in [3.05, 3.63) is 82.1 Å². The Balaban J connectivity index is 1.49. The Hall–Kier alpha value is -3.54. The summed E-state index contributed by atoms with van der Waals surface area (Å²) in [5.74, 6) is 0.0983. The second kappa shape index (κ2) is 10.2. The van der Waals surface area contributed by atoms with Gasteiger partial charge in [0, 0.05) is 35.6 Å². The number of hydrogen-bond donors (Lipinski definition) is 2. The topological polar surface area (TPSA) is 102 Å². The van der Waals surface area contributed by atoms with Crippen molar-refractivity contribution >= 4 is 23.3 Å². The molecule has 0 radical (unpaired) electrons. The molecule has 1 unspecified atom stereocenters. The molecule has 1 aromatic carbocycles. The number of carbonyl (C=O) groups is 3. The molecule has 0 saturated carbocycles. The molecule has 4 rings (SSSR count). The zero-order valence-electron chi connectivity index (χ0n) is 21.6. The van der Waals surface area contributed by atoms with Crippen molar-refractivity contribution in [1.82, 2.24) is 10.3 Å². The second-order valence-corrected chi connectivity index (χ2v) is 10.9. The maximum atomic E-state index is 13.3. The lowest BCUT2D eigenvalue weighted by Crippen LogP contribution is -2.40. The third-order valence-corrected chi connectivity index (χ3v) is 7.23. The van der Waals surface area contributed by atoms with Crippen LogP contribution in [0.15, 0.2) is 65.3 Å². The number of benzene rings is 1. The third-order valence-electron chi connectivity index (χ3n) is 7.23. The van der Waals surface area contributed by atoms with Crippen LogP contribution in [-0.4, -0.2) is 28.5 Å². The first-order valence-corrected chi connectivity index (χ1v) is 12.6. The molecule has 36 heavy (non-hydrogen) atoms. The van der Waals surface area contributed by atoms with Crippen LogP contribution in [0.2, 0.25) is 0 Å². The number of Topliss-reactive ketones (excluding diaryl/α,β-unsaturated/α-hetero) is 2. The summed E-state index contributed by atoms with van der Waals surface area (Å²) in [6.45, 7) is 7.80. The van der Waals surface area contributed by atoms with E-state index in [0.717, 1.165) is 34.4 Å². The monoisotopic (exact) mass is 485 g/mol. The molecule has 2 aromatic rings. The Morgan fingerprint density at radius 1 is 1.14 bits per heavy atom. The number of nitrogens with two attached hydrogens (primary N) is 1. The van der Waals surface area contributed by atoms with Gasteiger partial charge in [-0.15, -0.1) is 0 Å². The van der Waals surface area contributed by atoms with Gasteiger partial charge in [0.1, 0.15) is 5.82 Å². The maximum absolute atomic E-state index is 13.3. The Morgan fingerprint density at radius 3 is 2.56 bits per heavy atom. The van der Waals surface area contributed by atoms with Gasteiger partial charge in [0.2, 0.25) is 5.91 Å². The number of allylic oxidation sites excluding steroid dienone is 3. The highest BCUT2D eigenvalue weighted by Crippen LogP contribution is 2.47. The molecule has 1 amide bonds. The summed E-state index contributed by atoms with van der Waals surface area (Å²) in [5.41, 5.74) is 10.9. The van der Waals surface area contributed by atoms with E-state index in [1.165, 1.54) is 0 Å². The molecular formula is C30H35N3O3. The Kier molecular flexibility index (Phi) is 7.25. The number of amides is 1. The molecule has 0 fully saturated rings. The lowest BCUT2D eigenvalue weighted by atomic mass is 9.66. The molecule has 0 saturated heterocycles. The highest BCUT2D eigenvalue weighted by Gasteiger charge is 2.39. The summed E-state index contributed by atoms with van der Waals surface area (Å²) in [7, 11) is 0. The van der Waals surface area contributed by atoms with Crippen LogP contribution in [-0.2, 0) is 20.8 Å². The van der Waals surface area contributed by atoms with Gasteiger partial charge in [0.15, 0.2) is 11.6 Å². The number of aryl methyl sites for hydroxylation is 2. The predicted molar refractivity (Wildman–Crippen MR) is 141 cm³/mol. The van der Waals surface area contributed by atoms with Crippen LogP contribution in [0.25, 0.3) is 0 Å². The number of nitrogens with one attached hydrogen (secondary N) is 1. The summed E-state index contributed by atoms with van der Waals surface area (Å²) in [6.07, 6.45) is 4.50.